The van der Waals surface area contributed by atoms with Gasteiger partial charge in [0.25, 0.3) is 5.56 Å². The maximum absolute atomic E-state index is 11.2. The van der Waals surface area contributed by atoms with Crippen LogP contribution in [-0.4, -0.2) is 10.2 Å². The first-order chi connectivity index (χ1) is 10.5. The van der Waals surface area contributed by atoms with Crippen LogP contribution in [0, 0.1) is 6.92 Å². The van der Waals surface area contributed by atoms with Crippen molar-refractivity contribution in [2.24, 2.45) is 0 Å². The topological polar surface area (TPSA) is 45.8 Å². The van der Waals surface area contributed by atoms with Crippen LogP contribution in [0.1, 0.15) is 5.56 Å². The van der Waals surface area contributed by atoms with Gasteiger partial charge in [0, 0.05) is 21.7 Å². The first-order valence-corrected chi connectivity index (χ1v) is 7.42. The molecule has 1 N–H and O–H groups in total. The van der Waals surface area contributed by atoms with Gasteiger partial charge < -0.3 is 0 Å². The SMILES string of the molecule is Cc1cccc(-c2cc(Cl)cc(Cl)c2)c1-c1ccc(=O)[nH]n1. The first kappa shape index (κ1) is 14.8. The Balaban J connectivity index is 2.27. The zero-order valence-corrected chi connectivity index (χ0v) is 13.2. The maximum atomic E-state index is 11.2. The van der Waals surface area contributed by atoms with Gasteiger partial charge in [-0.2, -0.15) is 5.10 Å². The molecule has 1 heterocycles. The van der Waals surface area contributed by atoms with E-state index < -0.39 is 0 Å². The fraction of sp³-hybridized carbons (Fsp3) is 0.0588. The summed E-state index contributed by atoms with van der Waals surface area (Å²) in [7, 11) is 0. The summed E-state index contributed by atoms with van der Waals surface area (Å²) in [5, 5.41) is 7.75. The molecule has 110 valence electrons. The molecular formula is C17H12Cl2N2O. The van der Waals surface area contributed by atoms with E-state index in [0.717, 1.165) is 22.3 Å². The van der Waals surface area contributed by atoms with E-state index >= 15 is 0 Å². The maximum Gasteiger partial charge on any atom is 0.264 e. The number of aromatic nitrogens is 2. The minimum Gasteiger partial charge on any atom is -0.268 e. The summed E-state index contributed by atoms with van der Waals surface area (Å²) < 4.78 is 0. The molecule has 0 aliphatic heterocycles. The molecule has 0 amide bonds. The Morgan fingerprint density at radius 3 is 2.36 bits per heavy atom. The summed E-state index contributed by atoms with van der Waals surface area (Å²) in [6, 6.07) is 14.5. The van der Waals surface area contributed by atoms with Crippen LogP contribution in [0.25, 0.3) is 22.4 Å². The van der Waals surface area contributed by atoms with Crippen LogP contribution < -0.4 is 5.56 Å². The van der Waals surface area contributed by atoms with Crippen LogP contribution in [0.15, 0.2) is 53.3 Å². The molecule has 0 saturated heterocycles. The zero-order chi connectivity index (χ0) is 15.7. The van der Waals surface area contributed by atoms with Crippen LogP contribution in [0.4, 0.5) is 0 Å². The third-order valence-corrected chi connectivity index (χ3v) is 3.82. The number of nitrogens with zero attached hydrogens (tertiary/aromatic N) is 1. The fourth-order valence-corrected chi connectivity index (χ4v) is 2.97. The predicted octanol–water partition coefficient (Wildman–Crippen LogP) is 4.72. The second kappa shape index (κ2) is 5.95. The van der Waals surface area contributed by atoms with Crippen molar-refractivity contribution in [1.29, 1.82) is 0 Å². The Morgan fingerprint density at radius 2 is 1.73 bits per heavy atom. The second-order valence-electron chi connectivity index (χ2n) is 4.96. The lowest BCUT2D eigenvalue weighted by molar-refractivity contribution is 0.994. The van der Waals surface area contributed by atoms with Gasteiger partial charge in [-0.15, -0.1) is 0 Å². The van der Waals surface area contributed by atoms with Crippen LogP contribution in [-0.2, 0) is 0 Å². The monoisotopic (exact) mass is 330 g/mol. The lowest BCUT2D eigenvalue weighted by Gasteiger charge is -2.13. The molecule has 3 rings (SSSR count). The van der Waals surface area contributed by atoms with Crippen molar-refractivity contribution < 1.29 is 0 Å². The number of aryl methyl sites for hydroxylation is 1. The van der Waals surface area contributed by atoms with E-state index in [1.807, 2.05) is 37.3 Å². The van der Waals surface area contributed by atoms with Gasteiger partial charge in [-0.25, -0.2) is 5.10 Å². The van der Waals surface area contributed by atoms with E-state index in [-0.39, 0.29) is 5.56 Å². The Hall–Kier alpha value is -2.10. The summed E-state index contributed by atoms with van der Waals surface area (Å²) in [5.74, 6) is 0. The smallest absolute Gasteiger partial charge is 0.264 e. The van der Waals surface area contributed by atoms with E-state index in [9.17, 15) is 4.79 Å². The quantitative estimate of drug-likeness (QED) is 0.738. The molecule has 0 unspecified atom stereocenters. The van der Waals surface area contributed by atoms with Crippen molar-refractivity contribution in [3.63, 3.8) is 0 Å². The minimum absolute atomic E-state index is 0.232. The molecule has 3 aromatic rings. The Labute approximate surface area is 137 Å². The fourth-order valence-electron chi connectivity index (χ4n) is 2.44. The number of hydrogen-bond acceptors (Lipinski definition) is 2. The number of rotatable bonds is 2. The van der Waals surface area contributed by atoms with Crippen molar-refractivity contribution in [2.45, 2.75) is 6.92 Å². The van der Waals surface area contributed by atoms with Gasteiger partial charge in [0.15, 0.2) is 0 Å². The van der Waals surface area contributed by atoms with E-state index in [4.69, 9.17) is 23.2 Å². The van der Waals surface area contributed by atoms with Gasteiger partial charge in [-0.05, 0) is 47.9 Å². The number of H-pyrrole nitrogens is 1. The summed E-state index contributed by atoms with van der Waals surface area (Å²) in [6.45, 7) is 2.00. The summed E-state index contributed by atoms with van der Waals surface area (Å²) >= 11 is 12.2. The van der Waals surface area contributed by atoms with E-state index in [1.165, 1.54) is 6.07 Å². The average Bonchev–Trinajstić information content (AvgIpc) is 2.47. The zero-order valence-electron chi connectivity index (χ0n) is 11.7. The highest BCUT2D eigenvalue weighted by molar-refractivity contribution is 6.35. The molecule has 0 saturated carbocycles. The number of aromatic amines is 1. The van der Waals surface area contributed by atoms with E-state index in [1.54, 1.807) is 12.1 Å². The molecule has 0 fully saturated rings. The predicted molar refractivity (Wildman–Crippen MR) is 90.5 cm³/mol. The third kappa shape index (κ3) is 2.91. The molecule has 5 heteroatoms. The third-order valence-electron chi connectivity index (χ3n) is 3.38. The number of hydrogen-bond donors (Lipinski definition) is 1. The normalized spacial score (nSPS) is 10.7. The van der Waals surface area contributed by atoms with Crippen molar-refractivity contribution >= 4 is 23.2 Å². The highest BCUT2D eigenvalue weighted by Crippen LogP contribution is 2.35. The molecule has 22 heavy (non-hydrogen) atoms. The van der Waals surface area contributed by atoms with Gasteiger partial charge >= 0.3 is 0 Å². The molecule has 0 radical (unpaired) electrons. The molecule has 0 bridgehead atoms. The number of nitrogens with one attached hydrogen (secondary N) is 1. The second-order valence-corrected chi connectivity index (χ2v) is 5.83. The number of benzene rings is 2. The van der Waals surface area contributed by atoms with Crippen LogP contribution in [0.5, 0.6) is 0 Å². The minimum atomic E-state index is -0.232. The molecular weight excluding hydrogens is 319 g/mol. The van der Waals surface area contributed by atoms with E-state index in [2.05, 4.69) is 10.2 Å². The van der Waals surface area contributed by atoms with E-state index in [0.29, 0.717) is 15.7 Å². The Morgan fingerprint density at radius 1 is 1.00 bits per heavy atom. The number of halogens is 2. The Kier molecular flexibility index (Phi) is 4.01. The highest BCUT2D eigenvalue weighted by Gasteiger charge is 2.12. The summed E-state index contributed by atoms with van der Waals surface area (Å²) in [4.78, 5) is 11.2. The van der Waals surface area contributed by atoms with Gasteiger partial charge in [-0.1, -0.05) is 41.4 Å². The summed E-state index contributed by atoms with van der Waals surface area (Å²) in [6.07, 6.45) is 0. The molecule has 1 aromatic heterocycles. The molecule has 2 aromatic carbocycles. The van der Waals surface area contributed by atoms with Crippen molar-refractivity contribution in [3.8, 4) is 22.4 Å². The molecule has 0 aliphatic rings. The Bertz CT molecular complexity index is 863. The highest BCUT2D eigenvalue weighted by atomic mass is 35.5. The lowest BCUT2D eigenvalue weighted by Crippen LogP contribution is -2.06. The van der Waals surface area contributed by atoms with Gasteiger partial charge in [0.2, 0.25) is 0 Å². The van der Waals surface area contributed by atoms with Gasteiger partial charge in [0.05, 0.1) is 5.69 Å². The standard InChI is InChI=1S/C17H12Cl2N2O/c1-10-3-2-4-14(11-7-12(18)9-13(19)8-11)17(10)15-5-6-16(22)21-20-15/h2-9H,1H3,(H,21,22). The lowest BCUT2D eigenvalue weighted by atomic mass is 9.94. The van der Waals surface area contributed by atoms with Crippen LogP contribution in [0.3, 0.4) is 0 Å². The largest absolute Gasteiger partial charge is 0.268 e. The van der Waals surface area contributed by atoms with Gasteiger partial charge in [0.1, 0.15) is 0 Å². The van der Waals surface area contributed by atoms with Crippen molar-refractivity contribution in [2.75, 3.05) is 0 Å². The molecule has 0 aliphatic carbocycles. The molecule has 0 spiro atoms. The van der Waals surface area contributed by atoms with Crippen LogP contribution in [0.2, 0.25) is 10.0 Å². The summed E-state index contributed by atoms with van der Waals surface area (Å²) in [5.41, 5.74) is 4.33. The van der Waals surface area contributed by atoms with Crippen molar-refractivity contribution in [1.82, 2.24) is 10.2 Å². The average molecular weight is 331 g/mol. The molecule has 3 nitrogen and oxygen atoms in total. The van der Waals surface area contributed by atoms with Crippen LogP contribution >= 0.6 is 23.2 Å². The molecule has 0 atom stereocenters. The van der Waals surface area contributed by atoms with Crippen molar-refractivity contribution in [3.05, 3.63) is 74.5 Å². The first-order valence-electron chi connectivity index (χ1n) is 6.67. The van der Waals surface area contributed by atoms with Gasteiger partial charge in [-0.3, -0.25) is 4.79 Å².